The minimum absolute atomic E-state index is 0.0123. The molecule has 0 spiro atoms. The summed E-state index contributed by atoms with van der Waals surface area (Å²) in [5, 5.41) is 4.12. The summed E-state index contributed by atoms with van der Waals surface area (Å²) in [6, 6.07) is 1.13. The number of carbonyl (C=O) groups excluding carboxylic acids is 2. The lowest BCUT2D eigenvalue weighted by Gasteiger charge is -2.06. The predicted octanol–water partition coefficient (Wildman–Crippen LogP) is 2.07. The topological polar surface area (TPSA) is 58.2 Å². The van der Waals surface area contributed by atoms with Crippen molar-refractivity contribution in [3.05, 3.63) is 40.6 Å². The van der Waals surface area contributed by atoms with Crippen molar-refractivity contribution in [2.45, 2.75) is 0 Å². The lowest BCUT2D eigenvalue weighted by molar-refractivity contribution is -0.136. The Bertz CT molecular complexity index is 526. The Morgan fingerprint density at radius 1 is 1.16 bits per heavy atom. The zero-order valence-corrected chi connectivity index (χ0v) is 11.0. The molecule has 0 radical (unpaired) electrons. The molecule has 1 aromatic carbocycles. The number of rotatable bonds is 3. The van der Waals surface area contributed by atoms with Gasteiger partial charge in [-0.3, -0.25) is 9.59 Å². The van der Waals surface area contributed by atoms with E-state index >= 15 is 0 Å². The van der Waals surface area contributed by atoms with E-state index in [0.717, 1.165) is 0 Å². The second-order valence-electron chi connectivity index (χ2n) is 3.41. The van der Waals surface area contributed by atoms with E-state index < -0.39 is 29.3 Å². The lowest BCUT2D eigenvalue weighted by Crippen LogP contribution is -2.36. The van der Waals surface area contributed by atoms with Crippen LogP contribution in [0.3, 0.4) is 0 Å². The van der Waals surface area contributed by atoms with E-state index in [9.17, 15) is 22.8 Å². The molecular weight excluding hydrogens is 329 g/mol. The van der Waals surface area contributed by atoms with Crippen LogP contribution in [0.5, 0.6) is 0 Å². The van der Waals surface area contributed by atoms with E-state index in [1.54, 1.807) is 0 Å². The summed E-state index contributed by atoms with van der Waals surface area (Å²) in [4.78, 5) is 22.6. The molecule has 0 heterocycles. The van der Waals surface area contributed by atoms with Crippen LogP contribution in [0.4, 0.5) is 18.9 Å². The zero-order valence-electron chi connectivity index (χ0n) is 9.40. The normalized spacial score (nSPS) is 9.89. The number of anilines is 1. The summed E-state index contributed by atoms with van der Waals surface area (Å²) < 4.78 is 38.8. The van der Waals surface area contributed by atoms with Gasteiger partial charge in [0.05, 0.1) is 0 Å². The Balaban J connectivity index is 2.72. The van der Waals surface area contributed by atoms with Crippen LogP contribution in [0, 0.1) is 17.5 Å². The molecule has 0 aliphatic carbocycles. The van der Waals surface area contributed by atoms with Crippen molar-refractivity contribution in [1.29, 1.82) is 0 Å². The molecule has 2 amide bonds. The van der Waals surface area contributed by atoms with E-state index in [1.165, 1.54) is 0 Å². The number of hydrogen-bond acceptors (Lipinski definition) is 2. The average Bonchev–Trinajstić information content (AvgIpc) is 2.32. The monoisotopic (exact) mass is 336 g/mol. The van der Waals surface area contributed by atoms with Gasteiger partial charge < -0.3 is 10.6 Å². The van der Waals surface area contributed by atoms with Gasteiger partial charge in [0.2, 0.25) is 0 Å². The van der Waals surface area contributed by atoms with E-state index in [2.05, 4.69) is 27.8 Å². The van der Waals surface area contributed by atoms with Crippen LogP contribution in [0.2, 0.25) is 0 Å². The van der Waals surface area contributed by atoms with Crippen LogP contribution in [0.15, 0.2) is 23.2 Å². The zero-order chi connectivity index (χ0) is 14.6. The molecule has 1 aromatic rings. The Kier molecular flexibility index (Phi) is 5.11. The first-order chi connectivity index (χ1) is 8.81. The quantitative estimate of drug-likeness (QED) is 0.655. The number of nitrogens with one attached hydrogen (secondary N) is 2. The molecule has 0 atom stereocenters. The standard InChI is InChI=1S/C11H8BrF3N2O2/c1-5(12)4-16-10(18)11(19)17-6-2-7(13)9(15)8(14)3-6/h2-3H,1,4H2,(H,16,18)(H,17,19). The average molecular weight is 337 g/mol. The first-order valence-corrected chi connectivity index (χ1v) is 5.67. The predicted molar refractivity (Wildman–Crippen MR) is 66.0 cm³/mol. The first-order valence-electron chi connectivity index (χ1n) is 4.88. The first kappa shape index (κ1) is 15.2. The number of benzene rings is 1. The molecule has 0 unspecified atom stereocenters. The molecule has 0 saturated carbocycles. The van der Waals surface area contributed by atoms with Crippen LogP contribution < -0.4 is 10.6 Å². The maximum Gasteiger partial charge on any atom is 0.313 e. The minimum atomic E-state index is -1.65. The van der Waals surface area contributed by atoms with Crippen molar-refractivity contribution in [3.63, 3.8) is 0 Å². The van der Waals surface area contributed by atoms with Gasteiger partial charge in [0, 0.05) is 28.8 Å². The SMILES string of the molecule is C=C(Br)CNC(=O)C(=O)Nc1cc(F)c(F)c(F)c1. The van der Waals surface area contributed by atoms with Crippen molar-refractivity contribution in [3.8, 4) is 0 Å². The van der Waals surface area contributed by atoms with Crippen molar-refractivity contribution in [2.75, 3.05) is 11.9 Å². The van der Waals surface area contributed by atoms with E-state index in [-0.39, 0.29) is 12.2 Å². The van der Waals surface area contributed by atoms with E-state index in [1.807, 2.05) is 5.32 Å². The largest absolute Gasteiger partial charge is 0.343 e. The third-order valence-corrected chi connectivity index (χ3v) is 2.17. The lowest BCUT2D eigenvalue weighted by atomic mass is 10.3. The maximum absolute atomic E-state index is 12.9. The Hall–Kier alpha value is -1.83. The fraction of sp³-hybridized carbons (Fsp3) is 0.0909. The Labute approximate surface area is 114 Å². The van der Waals surface area contributed by atoms with Gasteiger partial charge in [0.15, 0.2) is 17.5 Å². The number of carbonyl (C=O) groups is 2. The molecule has 19 heavy (non-hydrogen) atoms. The van der Waals surface area contributed by atoms with Gasteiger partial charge in [0.25, 0.3) is 0 Å². The fourth-order valence-electron chi connectivity index (χ4n) is 1.07. The number of hydrogen-bond donors (Lipinski definition) is 2. The second-order valence-corrected chi connectivity index (χ2v) is 4.53. The molecule has 4 nitrogen and oxygen atoms in total. The molecule has 8 heteroatoms. The Morgan fingerprint density at radius 2 is 1.68 bits per heavy atom. The fourth-order valence-corrected chi connectivity index (χ4v) is 1.21. The summed E-state index contributed by atoms with van der Waals surface area (Å²) in [6.45, 7) is 3.44. The second kappa shape index (κ2) is 6.37. The third-order valence-electron chi connectivity index (χ3n) is 1.89. The highest BCUT2D eigenvalue weighted by Gasteiger charge is 2.16. The molecule has 0 saturated heterocycles. The van der Waals surface area contributed by atoms with Gasteiger partial charge in [-0.1, -0.05) is 22.5 Å². The van der Waals surface area contributed by atoms with Gasteiger partial charge in [0.1, 0.15) is 0 Å². The summed E-state index contributed by atoms with van der Waals surface area (Å²) >= 11 is 2.96. The van der Waals surface area contributed by atoms with Crippen molar-refractivity contribution in [2.24, 2.45) is 0 Å². The van der Waals surface area contributed by atoms with Crippen molar-refractivity contribution in [1.82, 2.24) is 5.32 Å². The van der Waals surface area contributed by atoms with Crippen molar-refractivity contribution >= 4 is 33.4 Å². The highest BCUT2D eigenvalue weighted by atomic mass is 79.9. The van der Waals surface area contributed by atoms with Gasteiger partial charge >= 0.3 is 11.8 Å². The summed E-state index contributed by atoms with van der Waals surface area (Å²) in [5.74, 6) is -6.75. The highest BCUT2D eigenvalue weighted by Crippen LogP contribution is 2.17. The molecule has 0 aliphatic rings. The van der Waals surface area contributed by atoms with Gasteiger partial charge in [-0.25, -0.2) is 13.2 Å². The third kappa shape index (κ3) is 4.40. The summed E-state index contributed by atoms with van der Waals surface area (Å²) in [6.07, 6.45) is 0. The van der Waals surface area contributed by atoms with Crippen LogP contribution in [-0.4, -0.2) is 18.4 Å². The molecule has 1 rings (SSSR count). The maximum atomic E-state index is 12.9. The van der Waals surface area contributed by atoms with Crippen LogP contribution >= 0.6 is 15.9 Å². The molecule has 0 aromatic heterocycles. The van der Waals surface area contributed by atoms with E-state index in [4.69, 9.17) is 0 Å². The summed E-state index contributed by atoms with van der Waals surface area (Å²) in [7, 11) is 0. The molecular formula is C11H8BrF3N2O2. The minimum Gasteiger partial charge on any atom is -0.343 e. The number of amides is 2. The van der Waals surface area contributed by atoms with Gasteiger partial charge in [-0.05, 0) is 0 Å². The molecule has 0 aliphatic heterocycles. The molecule has 0 bridgehead atoms. The highest BCUT2D eigenvalue weighted by molar-refractivity contribution is 9.11. The summed E-state index contributed by atoms with van der Waals surface area (Å²) in [5.41, 5.74) is -0.366. The molecule has 102 valence electrons. The molecule has 0 fully saturated rings. The molecule has 2 N–H and O–H groups in total. The van der Waals surface area contributed by atoms with Crippen LogP contribution in [-0.2, 0) is 9.59 Å². The smallest absolute Gasteiger partial charge is 0.313 e. The van der Waals surface area contributed by atoms with Gasteiger partial charge in [-0.2, -0.15) is 0 Å². The van der Waals surface area contributed by atoms with Crippen molar-refractivity contribution < 1.29 is 22.8 Å². The van der Waals surface area contributed by atoms with Gasteiger partial charge in [-0.15, -0.1) is 0 Å². The Morgan fingerprint density at radius 3 is 2.16 bits per heavy atom. The van der Waals surface area contributed by atoms with Crippen LogP contribution in [0.1, 0.15) is 0 Å². The number of halogens is 4. The van der Waals surface area contributed by atoms with Crippen LogP contribution in [0.25, 0.3) is 0 Å². The van der Waals surface area contributed by atoms with E-state index in [0.29, 0.717) is 16.6 Å².